The van der Waals surface area contributed by atoms with Crippen molar-refractivity contribution in [3.05, 3.63) is 71.9 Å². The van der Waals surface area contributed by atoms with E-state index in [4.69, 9.17) is 0 Å². The first-order valence-corrected chi connectivity index (χ1v) is 7.94. The number of aliphatic hydroxyl groups excluding tert-OH is 1. The van der Waals surface area contributed by atoms with Gasteiger partial charge in [-0.1, -0.05) is 6.07 Å². The quantitative estimate of drug-likeness (QED) is 0.728. The van der Waals surface area contributed by atoms with Crippen molar-refractivity contribution in [3.8, 4) is 5.82 Å². The average molecular weight is 323 g/mol. The first kappa shape index (κ1) is 16.3. The summed E-state index contributed by atoms with van der Waals surface area (Å²) in [6.45, 7) is 4.54. The van der Waals surface area contributed by atoms with Gasteiger partial charge in [-0.05, 0) is 43.7 Å². The van der Waals surface area contributed by atoms with Gasteiger partial charge in [0.25, 0.3) is 0 Å². The number of rotatable bonds is 6. The summed E-state index contributed by atoms with van der Waals surface area (Å²) in [5.74, 6) is 0.797. The largest absolute Gasteiger partial charge is 0.387 e. The standard InChI is InChI=1S/C18H21N5O/c1-13(21-12-17(24)15-6-9-19-10-7-15)16-11-22-23(14(16)2)18-5-3-4-8-20-18/h3-11,13,17,21,24H,12H2,1-2H3. The van der Waals surface area contributed by atoms with E-state index in [2.05, 4.69) is 27.3 Å². The van der Waals surface area contributed by atoms with Gasteiger partial charge in [-0.3, -0.25) is 4.98 Å². The molecule has 0 aliphatic heterocycles. The van der Waals surface area contributed by atoms with Crippen LogP contribution in [0.15, 0.2) is 55.1 Å². The maximum absolute atomic E-state index is 10.2. The van der Waals surface area contributed by atoms with E-state index in [9.17, 15) is 5.11 Å². The van der Waals surface area contributed by atoms with Gasteiger partial charge in [0.05, 0.1) is 12.3 Å². The van der Waals surface area contributed by atoms with Crippen LogP contribution in [-0.2, 0) is 0 Å². The van der Waals surface area contributed by atoms with Crippen molar-refractivity contribution in [1.82, 2.24) is 25.1 Å². The van der Waals surface area contributed by atoms with E-state index in [1.54, 1.807) is 18.6 Å². The Morgan fingerprint density at radius 2 is 1.96 bits per heavy atom. The molecule has 0 saturated carbocycles. The second-order valence-corrected chi connectivity index (χ2v) is 5.71. The molecule has 0 aliphatic rings. The van der Waals surface area contributed by atoms with E-state index >= 15 is 0 Å². The number of pyridine rings is 2. The summed E-state index contributed by atoms with van der Waals surface area (Å²) in [5.41, 5.74) is 2.97. The Bertz CT molecular complexity index is 773. The van der Waals surface area contributed by atoms with E-state index in [-0.39, 0.29) is 6.04 Å². The monoisotopic (exact) mass is 323 g/mol. The molecule has 0 bridgehead atoms. The molecule has 0 aromatic carbocycles. The number of nitrogens with one attached hydrogen (secondary N) is 1. The predicted octanol–water partition coefficient (Wildman–Crippen LogP) is 2.35. The third kappa shape index (κ3) is 3.50. The van der Waals surface area contributed by atoms with E-state index < -0.39 is 6.10 Å². The number of aliphatic hydroxyl groups is 1. The predicted molar refractivity (Wildman–Crippen MR) is 91.7 cm³/mol. The molecule has 0 aliphatic carbocycles. The highest BCUT2D eigenvalue weighted by molar-refractivity contribution is 5.29. The molecule has 0 spiro atoms. The highest BCUT2D eigenvalue weighted by atomic mass is 16.3. The fraction of sp³-hybridized carbons (Fsp3) is 0.278. The smallest absolute Gasteiger partial charge is 0.153 e. The summed E-state index contributed by atoms with van der Waals surface area (Å²) < 4.78 is 1.83. The normalized spacial score (nSPS) is 13.6. The average Bonchev–Trinajstić information content (AvgIpc) is 3.02. The lowest BCUT2D eigenvalue weighted by Gasteiger charge is -2.17. The van der Waals surface area contributed by atoms with E-state index in [1.165, 1.54) is 0 Å². The fourth-order valence-corrected chi connectivity index (χ4v) is 2.66. The van der Waals surface area contributed by atoms with Gasteiger partial charge < -0.3 is 10.4 Å². The van der Waals surface area contributed by atoms with Crippen LogP contribution in [0.4, 0.5) is 0 Å². The van der Waals surface area contributed by atoms with Crippen LogP contribution in [0.3, 0.4) is 0 Å². The zero-order valence-corrected chi connectivity index (χ0v) is 13.8. The Labute approximate surface area is 141 Å². The first-order chi connectivity index (χ1) is 11.7. The van der Waals surface area contributed by atoms with Crippen LogP contribution in [0.25, 0.3) is 5.82 Å². The molecule has 6 heteroatoms. The Morgan fingerprint density at radius 3 is 2.67 bits per heavy atom. The summed E-state index contributed by atoms with van der Waals surface area (Å²) in [5, 5.41) is 18.0. The maximum Gasteiger partial charge on any atom is 0.153 e. The van der Waals surface area contributed by atoms with Gasteiger partial charge in [0.15, 0.2) is 5.82 Å². The van der Waals surface area contributed by atoms with E-state index in [1.807, 2.05) is 48.1 Å². The van der Waals surface area contributed by atoms with Crippen LogP contribution < -0.4 is 5.32 Å². The minimum atomic E-state index is -0.568. The molecular weight excluding hydrogens is 302 g/mol. The molecule has 124 valence electrons. The van der Waals surface area contributed by atoms with Crippen LogP contribution >= 0.6 is 0 Å². The molecule has 2 atom stereocenters. The summed E-state index contributed by atoms with van der Waals surface area (Å²) in [6, 6.07) is 9.46. The molecule has 0 saturated heterocycles. The minimum Gasteiger partial charge on any atom is -0.387 e. The van der Waals surface area contributed by atoms with Crippen LogP contribution in [0.1, 0.15) is 35.9 Å². The van der Waals surface area contributed by atoms with Crippen LogP contribution in [-0.4, -0.2) is 31.4 Å². The third-order valence-corrected chi connectivity index (χ3v) is 4.09. The SMILES string of the molecule is Cc1c(C(C)NCC(O)c2ccncc2)cnn1-c1ccccn1. The molecule has 2 N–H and O–H groups in total. The molecule has 3 aromatic rings. The summed E-state index contributed by atoms with van der Waals surface area (Å²) >= 11 is 0. The molecule has 24 heavy (non-hydrogen) atoms. The number of hydrogen-bond donors (Lipinski definition) is 2. The van der Waals surface area contributed by atoms with E-state index in [0.717, 1.165) is 22.6 Å². The highest BCUT2D eigenvalue weighted by Crippen LogP contribution is 2.20. The van der Waals surface area contributed by atoms with Gasteiger partial charge in [-0.2, -0.15) is 5.10 Å². The Morgan fingerprint density at radius 1 is 1.17 bits per heavy atom. The highest BCUT2D eigenvalue weighted by Gasteiger charge is 2.16. The van der Waals surface area contributed by atoms with Crippen molar-refractivity contribution in [2.75, 3.05) is 6.54 Å². The second-order valence-electron chi connectivity index (χ2n) is 5.71. The Hall–Kier alpha value is -2.57. The summed E-state index contributed by atoms with van der Waals surface area (Å²) in [6.07, 6.45) is 6.40. The second kappa shape index (κ2) is 7.33. The van der Waals surface area contributed by atoms with Crippen LogP contribution in [0.5, 0.6) is 0 Å². The van der Waals surface area contributed by atoms with Crippen LogP contribution in [0, 0.1) is 6.92 Å². The number of aromatic nitrogens is 4. The van der Waals surface area contributed by atoms with Crippen molar-refractivity contribution in [1.29, 1.82) is 0 Å². The molecule has 0 radical (unpaired) electrons. The Balaban J connectivity index is 1.68. The zero-order chi connectivity index (χ0) is 16.9. The zero-order valence-electron chi connectivity index (χ0n) is 13.8. The summed E-state index contributed by atoms with van der Waals surface area (Å²) in [4.78, 5) is 8.30. The molecule has 6 nitrogen and oxygen atoms in total. The molecule has 3 heterocycles. The van der Waals surface area contributed by atoms with Gasteiger partial charge in [0.1, 0.15) is 0 Å². The fourth-order valence-electron chi connectivity index (χ4n) is 2.66. The molecule has 0 amide bonds. The molecular formula is C18H21N5O. The van der Waals surface area contributed by atoms with Crippen LogP contribution in [0.2, 0.25) is 0 Å². The lowest BCUT2D eigenvalue weighted by molar-refractivity contribution is 0.170. The van der Waals surface area contributed by atoms with Crippen molar-refractivity contribution < 1.29 is 5.11 Å². The van der Waals surface area contributed by atoms with Crippen molar-refractivity contribution in [2.24, 2.45) is 0 Å². The molecule has 3 rings (SSSR count). The van der Waals surface area contributed by atoms with Crippen molar-refractivity contribution in [3.63, 3.8) is 0 Å². The van der Waals surface area contributed by atoms with Gasteiger partial charge in [-0.15, -0.1) is 0 Å². The lowest BCUT2D eigenvalue weighted by atomic mass is 10.1. The van der Waals surface area contributed by atoms with Gasteiger partial charge in [0, 0.05) is 42.4 Å². The van der Waals surface area contributed by atoms with Crippen molar-refractivity contribution >= 4 is 0 Å². The maximum atomic E-state index is 10.2. The molecule has 3 aromatic heterocycles. The first-order valence-electron chi connectivity index (χ1n) is 7.94. The van der Waals surface area contributed by atoms with E-state index in [0.29, 0.717) is 6.54 Å². The minimum absolute atomic E-state index is 0.0685. The third-order valence-electron chi connectivity index (χ3n) is 4.09. The summed E-state index contributed by atoms with van der Waals surface area (Å²) in [7, 11) is 0. The lowest BCUT2D eigenvalue weighted by Crippen LogP contribution is -2.25. The van der Waals surface area contributed by atoms with Crippen molar-refractivity contribution in [2.45, 2.75) is 26.0 Å². The topological polar surface area (TPSA) is 75.9 Å². The van der Waals surface area contributed by atoms with Gasteiger partial charge >= 0.3 is 0 Å². The van der Waals surface area contributed by atoms with Gasteiger partial charge in [-0.25, -0.2) is 9.67 Å². The number of hydrogen-bond acceptors (Lipinski definition) is 5. The molecule has 0 fully saturated rings. The van der Waals surface area contributed by atoms with Gasteiger partial charge in [0.2, 0.25) is 0 Å². The Kier molecular flexibility index (Phi) is 4.98. The molecule has 2 unspecified atom stereocenters. The number of nitrogens with zero attached hydrogens (tertiary/aromatic N) is 4.